The van der Waals surface area contributed by atoms with Crippen molar-refractivity contribution in [2.45, 2.75) is 19.9 Å². The number of fused-ring (bicyclic) bond motifs is 1. The normalized spacial score (nSPS) is 10.8. The average Bonchev–Trinajstić information content (AvgIpc) is 2.72. The topological polar surface area (TPSA) is 133 Å². The maximum Gasteiger partial charge on any atom is 0.336 e. The van der Waals surface area contributed by atoms with E-state index in [0.29, 0.717) is 21.7 Å². The number of nitrogens with zero attached hydrogens (tertiary/aromatic N) is 2. The molecule has 0 bridgehead atoms. The van der Waals surface area contributed by atoms with Crippen molar-refractivity contribution in [3.63, 3.8) is 0 Å². The number of methoxy groups -OCH3 is 1. The predicted molar refractivity (Wildman–Crippen MR) is 114 cm³/mol. The number of hydrazine groups is 1. The zero-order valence-corrected chi connectivity index (χ0v) is 17.2. The molecule has 3 aromatic rings. The third-order valence-electron chi connectivity index (χ3n) is 4.33. The second-order valence-electron chi connectivity index (χ2n) is 6.93. The molecule has 0 aliphatic carbocycles. The summed E-state index contributed by atoms with van der Waals surface area (Å²) in [5, 5.41) is 3.75. The minimum atomic E-state index is -0.753. The molecule has 5 N–H and O–H groups in total. The molecule has 0 radical (unpaired) electrons. The number of amides is 3. The summed E-state index contributed by atoms with van der Waals surface area (Å²) in [6.07, 6.45) is 1.50. The molecule has 1 heterocycles. The van der Waals surface area contributed by atoms with Gasteiger partial charge in [0.05, 0.1) is 23.9 Å². The van der Waals surface area contributed by atoms with Gasteiger partial charge in [0.2, 0.25) is 0 Å². The molecule has 0 aliphatic rings. The number of nitrogens with one attached hydrogen (secondary N) is 1. The second kappa shape index (κ2) is 8.84. The van der Waals surface area contributed by atoms with Crippen LogP contribution in [0.15, 0.2) is 42.6 Å². The van der Waals surface area contributed by atoms with Gasteiger partial charge in [0, 0.05) is 29.8 Å². The van der Waals surface area contributed by atoms with E-state index in [4.69, 9.17) is 21.1 Å². The highest BCUT2D eigenvalue weighted by atomic mass is 19.1. The van der Waals surface area contributed by atoms with Crippen molar-refractivity contribution in [2.24, 2.45) is 11.6 Å². The first kappa shape index (κ1) is 21.8. The third-order valence-corrected chi connectivity index (χ3v) is 4.33. The molecular weight excluding hydrogens is 405 g/mol. The first-order valence-electron chi connectivity index (χ1n) is 9.30. The molecule has 9 nitrogen and oxygen atoms in total. The van der Waals surface area contributed by atoms with E-state index in [-0.39, 0.29) is 28.8 Å². The van der Waals surface area contributed by atoms with Crippen LogP contribution >= 0.6 is 0 Å². The number of rotatable bonds is 6. The van der Waals surface area contributed by atoms with Crippen molar-refractivity contribution in [1.29, 1.82) is 0 Å². The number of halogens is 1. The van der Waals surface area contributed by atoms with Crippen molar-refractivity contribution in [2.75, 3.05) is 12.1 Å². The molecule has 0 aliphatic heterocycles. The van der Waals surface area contributed by atoms with Crippen molar-refractivity contribution >= 4 is 28.5 Å². The fourth-order valence-electron chi connectivity index (χ4n) is 2.90. The van der Waals surface area contributed by atoms with Crippen LogP contribution in [0.5, 0.6) is 17.2 Å². The van der Waals surface area contributed by atoms with Crippen molar-refractivity contribution in [1.82, 2.24) is 10.3 Å². The lowest BCUT2D eigenvalue weighted by Crippen LogP contribution is -2.47. The van der Waals surface area contributed by atoms with Crippen LogP contribution in [-0.2, 0) is 0 Å². The van der Waals surface area contributed by atoms with Crippen LogP contribution in [0.3, 0.4) is 0 Å². The number of ether oxygens (including phenoxy) is 2. The Morgan fingerprint density at radius 2 is 1.90 bits per heavy atom. The maximum absolute atomic E-state index is 14.6. The van der Waals surface area contributed by atoms with Crippen LogP contribution < -0.4 is 31.4 Å². The molecule has 0 saturated carbocycles. The molecule has 0 fully saturated rings. The Hall–Kier alpha value is -3.92. The van der Waals surface area contributed by atoms with Crippen molar-refractivity contribution < 1.29 is 23.5 Å². The highest BCUT2D eigenvalue weighted by molar-refractivity contribution is 6.01. The Morgan fingerprint density at radius 1 is 1.16 bits per heavy atom. The minimum absolute atomic E-state index is 0.120. The molecular formula is C21H22FN5O4. The number of nitrogens with two attached hydrogens (primary N) is 2. The number of carbonyl (C=O) groups is 2. The molecule has 0 spiro atoms. The number of hydrogen-bond donors (Lipinski definition) is 3. The Labute approximate surface area is 177 Å². The molecule has 10 heteroatoms. The zero-order chi connectivity index (χ0) is 22.7. The van der Waals surface area contributed by atoms with Crippen LogP contribution in [0, 0.1) is 5.82 Å². The first-order chi connectivity index (χ1) is 14.7. The SMILES string of the molecule is COc1cc2nccc(Oc3ccc(N(N)C(=O)NC(C)C)c(F)c3)c2cc1C(N)=O. The number of urea groups is 1. The maximum atomic E-state index is 14.6. The highest BCUT2D eigenvalue weighted by Crippen LogP contribution is 2.34. The standard InChI is InChI=1S/C21H22FN5O4/c1-11(2)26-21(29)27(24)17-5-4-12(8-15(17)22)31-18-6-7-25-16-10-19(30-3)14(20(23)28)9-13(16)18/h4-11H,24H2,1-3H3,(H2,23,28)(H,26,29). The molecule has 3 amide bonds. The lowest BCUT2D eigenvalue weighted by Gasteiger charge is -2.20. The Morgan fingerprint density at radius 3 is 2.52 bits per heavy atom. The van der Waals surface area contributed by atoms with E-state index >= 15 is 0 Å². The van der Waals surface area contributed by atoms with Crippen molar-refractivity contribution in [3.05, 3.63) is 54.0 Å². The van der Waals surface area contributed by atoms with Crippen LogP contribution in [-0.4, -0.2) is 30.1 Å². The molecule has 1 aromatic heterocycles. The Balaban J connectivity index is 1.94. The minimum Gasteiger partial charge on any atom is -0.496 e. The number of primary amides is 1. The summed E-state index contributed by atoms with van der Waals surface area (Å²) in [6, 6.07) is 7.72. The van der Waals surface area contributed by atoms with Gasteiger partial charge >= 0.3 is 6.03 Å². The number of benzene rings is 2. The smallest absolute Gasteiger partial charge is 0.336 e. The number of anilines is 1. The van der Waals surface area contributed by atoms with E-state index in [0.717, 1.165) is 6.07 Å². The van der Waals surface area contributed by atoms with E-state index in [1.54, 1.807) is 26.0 Å². The third kappa shape index (κ3) is 4.64. The average molecular weight is 427 g/mol. The summed E-state index contributed by atoms with van der Waals surface area (Å²) in [5.74, 6) is 5.05. The summed E-state index contributed by atoms with van der Waals surface area (Å²) >= 11 is 0. The fraction of sp³-hybridized carbons (Fsp3) is 0.190. The zero-order valence-electron chi connectivity index (χ0n) is 17.2. The van der Waals surface area contributed by atoms with Crippen LogP contribution in [0.1, 0.15) is 24.2 Å². The summed E-state index contributed by atoms with van der Waals surface area (Å²) in [4.78, 5) is 28.0. The molecule has 2 aromatic carbocycles. The fourth-order valence-corrected chi connectivity index (χ4v) is 2.90. The van der Waals surface area contributed by atoms with Gasteiger partial charge in [0.15, 0.2) is 5.82 Å². The van der Waals surface area contributed by atoms with Gasteiger partial charge in [-0.1, -0.05) is 0 Å². The van der Waals surface area contributed by atoms with Gasteiger partial charge < -0.3 is 20.5 Å². The van der Waals surface area contributed by atoms with Crippen LogP contribution in [0.25, 0.3) is 10.9 Å². The van der Waals surface area contributed by atoms with Gasteiger partial charge in [-0.2, -0.15) is 0 Å². The highest BCUT2D eigenvalue weighted by Gasteiger charge is 2.18. The van der Waals surface area contributed by atoms with Gasteiger partial charge in [-0.25, -0.2) is 20.0 Å². The van der Waals surface area contributed by atoms with Crippen molar-refractivity contribution in [3.8, 4) is 17.2 Å². The van der Waals surface area contributed by atoms with Gasteiger partial charge in [0.25, 0.3) is 5.91 Å². The van der Waals surface area contributed by atoms with Crippen LogP contribution in [0.2, 0.25) is 0 Å². The van der Waals surface area contributed by atoms with E-state index in [1.807, 2.05) is 0 Å². The molecule has 31 heavy (non-hydrogen) atoms. The largest absolute Gasteiger partial charge is 0.496 e. The molecule has 0 atom stereocenters. The molecule has 0 unspecified atom stereocenters. The lowest BCUT2D eigenvalue weighted by molar-refractivity contribution is 0.0997. The predicted octanol–water partition coefficient (Wildman–Crippen LogP) is 3.07. The Kier molecular flexibility index (Phi) is 6.21. The first-order valence-corrected chi connectivity index (χ1v) is 9.30. The number of hydrogen-bond acceptors (Lipinski definition) is 6. The summed E-state index contributed by atoms with van der Waals surface area (Å²) in [5.41, 5.74) is 5.96. The van der Waals surface area contributed by atoms with E-state index in [9.17, 15) is 14.0 Å². The molecule has 0 saturated heterocycles. The van der Waals surface area contributed by atoms with Crippen LogP contribution in [0.4, 0.5) is 14.9 Å². The summed E-state index contributed by atoms with van der Waals surface area (Å²) in [7, 11) is 1.42. The molecule has 162 valence electrons. The Bertz CT molecular complexity index is 1150. The number of aromatic nitrogens is 1. The number of pyridine rings is 1. The quantitative estimate of drug-likeness (QED) is 0.315. The number of carbonyl (C=O) groups excluding carboxylic acids is 2. The van der Waals surface area contributed by atoms with E-state index in [2.05, 4.69) is 10.3 Å². The summed E-state index contributed by atoms with van der Waals surface area (Å²) < 4.78 is 25.6. The summed E-state index contributed by atoms with van der Waals surface area (Å²) in [6.45, 7) is 3.52. The van der Waals surface area contributed by atoms with Gasteiger partial charge in [-0.05, 0) is 38.1 Å². The molecule has 3 rings (SSSR count). The van der Waals surface area contributed by atoms with Gasteiger partial charge in [-0.3, -0.25) is 9.78 Å². The van der Waals surface area contributed by atoms with Gasteiger partial charge in [0.1, 0.15) is 17.2 Å². The van der Waals surface area contributed by atoms with E-state index < -0.39 is 17.8 Å². The lowest BCUT2D eigenvalue weighted by atomic mass is 10.1. The second-order valence-corrected chi connectivity index (χ2v) is 6.93. The van der Waals surface area contributed by atoms with E-state index in [1.165, 1.54) is 31.5 Å². The monoisotopic (exact) mass is 427 g/mol. The van der Waals surface area contributed by atoms with Gasteiger partial charge in [-0.15, -0.1) is 0 Å².